The van der Waals surface area contributed by atoms with Crippen molar-refractivity contribution < 1.29 is 4.79 Å². The van der Waals surface area contributed by atoms with Gasteiger partial charge in [0.1, 0.15) is 0 Å². The van der Waals surface area contributed by atoms with Crippen molar-refractivity contribution in [2.24, 2.45) is 5.73 Å². The fraction of sp³-hybridized carbons (Fsp3) is 0.222. The summed E-state index contributed by atoms with van der Waals surface area (Å²) in [4.78, 5) is 10.4. The molecule has 1 aromatic heterocycles. The highest BCUT2D eigenvalue weighted by atomic mass is 32.1. The van der Waals surface area contributed by atoms with Gasteiger partial charge in [0.2, 0.25) is 5.91 Å². The van der Waals surface area contributed by atoms with Crippen LogP contribution in [0.2, 0.25) is 0 Å². The van der Waals surface area contributed by atoms with Crippen LogP contribution in [0.1, 0.15) is 17.5 Å². The Morgan fingerprint density at radius 3 is 2.92 bits per heavy atom. The maximum Gasteiger partial charge on any atom is 0.221 e. The predicted molar refractivity (Wildman–Crippen MR) is 51.9 cm³/mol. The first-order valence-corrected chi connectivity index (χ1v) is 4.62. The van der Waals surface area contributed by atoms with E-state index in [0.717, 1.165) is 0 Å². The minimum atomic E-state index is -0.292. The molecule has 0 aliphatic carbocycles. The van der Waals surface area contributed by atoms with Crippen LogP contribution in [-0.2, 0) is 4.79 Å². The Kier molecular flexibility index (Phi) is 3.05. The van der Waals surface area contributed by atoms with Crippen molar-refractivity contribution >= 4 is 23.3 Å². The highest BCUT2D eigenvalue weighted by Crippen LogP contribution is 2.15. The van der Waals surface area contributed by atoms with E-state index in [9.17, 15) is 4.79 Å². The lowest BCUT2D eigenvalue weighted by molar-refractivity contribution is -0.117. The van der Waals surface area contributed by atoms with E-state index in [4.69, 9.17) is 5.73 Å². The zero-order valence-corrected chi connectivity index (χ0v) is 7.73. The molecule has 2 N–H and O–H groups in total. The number of nitrogens with two attached hydrogens (primary N) is 1. The normalized spacial score (nSPS) is 10.8. The fourth-order valence-corrected chi connectivity index (χ4v) is 1.66. The molecule has 1 amide bonds. The largest absolute Gasteiger partial charge is 0.369 e. The number of aryl methyl sites for hydroxylation is 1. The summed E-state index contributed by atoms with van der Waals surface area (Å²) in [6.07, 6.45) is 4.03. The van der Waals surface area contributed by atoms with E-state index >= 15 is 0 Å². The topological polar surface area (TPSA) is 43.1 Å². The Morgan fingerprint density at radius 1 is 1.67 bits per heavy atom. The first kappa shape index (κ1) is 9.00. The second kappa shape index (κ2) is 4.07. The van der Waals surface area contributed by atoms with Crippen LogP contribution in [0.25, 0.3) is 6.08 Å². The van der Waals surface area contributed by atoms with Gasteiger partial charge in [0, 0.05) is 6.42 Å². The van der Waals surface area contributed by atoms with Gasteiger partial charge < -0.3 is 5.73 Å². The molecular weight excluding hydrogens is 170 g/mol. The molecule has 0 bridgehead atoms. The number of hydrogen-bond donors (Lipinski definition) is 1. The van der Waals surface area contributed by atoms with E-state index in [1.165, 1.54) is 11.1 Å². The van der Waals surface area contributed by atoms with Gasteiger partial charge in [0.25, 0.3) is 0 Å². The van der Waals surface area contributed by atoms with Gasteiger partial charge in [0.05, 0.1) is 0 Å². The Labute approximate surface area is 75.7 Å². The number of rotatable bonds is 3. The van der Waals surface area contributed by atoms with Gasteiger partial charge in [-0.25, -0.2) is 0 Å². The number of hydrogen-bond acceptors (Lipinski definition) is 2. The number of carbonyl (C=O) groups excluding carboxylic acids is 1. The molecule has 3 heteroatoms. The molecular formula is C9H11NOS. The standard InChI is InChI=1S/C9H11NOS/c1-7-5-12-6-8(7)3-2-4-9(10)11/h2-3,5-6H,4H2,1H3,(H2,10,11). The van der Waals surface area contributed by atoms with Crippen LogP contribution >= 0.6 is 11.3 Å². The molecule has 1 heterocycles. The van der Waals surface area contributed by atoms with Crippen molar-refractivity contribution in [3.63, 3.8) is 0 Å². The van der Waals surface area contributed by atoms with Crippen LogP contribution in [0.5, 0.6) is 0 Å². The fourth-order valence-electron chi connectivity index (χ4n) is 0.843. The summed E-state index contributed by atoms with van der Waals surface area (Å²) in [5, 5.41) is 4.12. The Hall–Kier alpha value is -1.09. The van der Waals surface area contributed by atoms with Crippen molar-refractivity contribution in [3.8, 4) is 0 Å². The van der Waals surface area contributed by atoms with E-state index in [1.807, 2.05) is 18.4 Å². The summed E-state index contributed by atoms with van der Waals surface area (Å²) in [7, 11) is 0. The lowest BCUT2D eigenvalue weighted by Gasteiger charge is -1.88. The van der Waals surface area contributed by atoms with E-state index in [0.29, 0.717) is 6.42 Å². The Morgan fingerprint density at radius 2 is 2.42 bits per heavy atom. The minimum Gasteiger partial charge on any atom is -0.369 e. The van der Waals surface area contributed by atoms with Crippen molar-refractivity contribution in [2.45, 2.75) is 13.3 Å². The maximum absolute atomic E-state index is 10.4. The Bertz CT molecular complexity index is 301. The summed E-state index contributed by atoms with van der Waals surface area (Å²) in [5.41, 5.74) is 7.39. The molecule has 64 valence electrons. The molecule has 0 fully saturated rings. The van der Waals surface area contributed by atoms with E-state index in [2.05, 4.69) is 5.38 Å². The van der Waals surface area contributed by atoms with Crippen LogP contribution < -0.4 is 5.73 Å². The molecule has 2 nitrogen and oxygen atoms in total. The molecule has 0 saturated carbocycles. The zero-order valence-electron chi connectivity index (χ0n) is 6.91. The van der Waals surface area contributed by atoms with Crippen molar-refractivity contribution in [1.29, 1.82) is 0 Å². The van der Waals surface area contributed by atoms with Crippen LogP contribution in [0.4, 0.5) is 0 Å². The van der Waals surface area contributed by atoms with Gasteiger partial charge in [-0.1, -0.05) is 12.2 Å². The Balaban J connectivity index is 2.57. The van der Waals surface area contributed by atoms with Gasteiger partial charge in [0.15, 0.2) is 0 Å². The molecule has 0 aromatic carbocycles. The second-order valence-corrected chi connectivity index (χ2v) is 3.33. The van der Waals surface area contributed by atoms with Crippen molar-refractivity contribution in [1.82, 2.24) is 0 Å². The number of carbonyl (C=O) groups is 1. The minimum absolute atomic E-state index is 0.292. The van der Waals surface area contributed by atoms with Gasteiger partial charge >= 0.3 is 0 Å². The molecule has 0 radical (unpaired) electrons. The zero-order chi connectivity index (χ0) is 8.97. The third-order valence-electron chi connectivity index (χ3n) is 1.51. The lowest BCUT2D eigenvalue weighted by atomic mass is 10.2. The smallest absolute Gasteiger partial charge is 0.221 e. The first-order chi connectivity index (χ1) is 5.70. The average Bonchev–Trinajstić information content (AvgIpc) is 2.36. The average molecular weight is 181 g/mol. The molecule has 0 unspecified atom stereocenters. The molecule has 0 aliphatic heterocycles. The molecule has 1 rings (SSSR count). The number of thiophene rings is 1. The third-order valence-corrected chi connectivity index (χ3v) is 2.39. The maximum atomic E-state index is 10.4. The second-order valence-electron chi connectivity index (χ2n) is 2.58. The highest BCUT2D eigenvalue weighted by Gasteiger charge is 1.93. The van der Waals surface area contributed by atoms with Crippen LogP contribution in [0.3, 0.4) is 0 Å². The van der Waals surface area contributed by atoms with Crippen LogP contribution in [0.15, 0.2) is 16.8 Å². The number of amides is 1. The van der Waals surface area contributed by atoms with E-state index < -0.39 is 0 Å². The molecule has 12 heavy (non-hydrogen) atoms. The number of primary amides is 1. The summed E-state index contributed by atoms with van der Waals surface area (Å²) < 4.78 is 0. The van der Waals surface area contributed by atoms with Crippen molar-refractivity contribution in [2.75, 3.05) is 0 Å². The quantitative estimate of drug-likeness (QED) is 0.761. The first-order valence-electron chi connectivity index (χ1n) is 3.68. The summed E-state index contributed by atoms with van der Waals surface area (Å²) in [6, 6.07) is 0. The molecule has 1 aromatic rings. The van der Waals surface area contributed by atoms with E-state index in [1.54, 1.807) is 17.4 Å². The molecule has 0 spiro atoms. The summed E-state index contributed by atoms with van der Waals surface area (Å²) >= 11 is 1.66. The SMILES string of the molecule is Cc1cscc1C=CCC(N)=O. The van der Waals surface area contributed by atoms with E-state index in [-0.39, 0.29) is 5.91 Å². The lowest BCUT2D eigenvalue weighted by Crippen LogP contribution is -2.07. The highest BCUT2D eigenvalue weighted by molar-refractivity contribution is 7.08. The van der Waals surface area contributed by atoms with Crippen LogP contribution in [0, 0.1) is 6.92 Å². The van der Waals surface area contributed by atoms with Gasteiger partial charge in [-0.2, -0.15) is 11.3 Å². The third kappa shape index (κ3) is 2.51. The van der Waals surface area contributed by atoms with Gasteiger partial charge in [-0.3, -0.25) is 4.79 Å². The summed E-state index contributed by atoms with van der Waals surface area (Å²) in [6.45, 7) is 2.04. The molecule has 0 saturated heterocycles. The monoisotopic (exact) mass is 181 g/mol. The van der Waals surface area contributed by atoms with Gasteiger partial charge in [-0.05, 0) is 28.8 Å². The molecule has 0 atom stereocenters. The predicted octanol–water partition coefficient (Wildman–Crippen LogP) is 1.95. The van der Waals surface area contributed by atoms with Gasteiger partial charge in [-0.15, -0.1) is 0 Å². The summed E-state index contributed by atoms with van der Waals surface area (Å²) in [5.74, 6) is -0.292. The molecule has 0 aliphatic rings. The van der Waals surface area contributed by atoms with Crippen molar-refractivity contribution in [3.05, 3.63) is 28.0 Å². The van der Waals surface area contributed by atoms with Crippen LogP contribution in [-0.4, -0.2) is 5.91 Å².